The smallest absolute Gasteiger partial charge is 0.429 e. The molecule has 0 radical (unpaired) electrons. The van der Waals surface area contributed by atoms with Crippen LogP contribution in [0.25, 0.3) is 0 Å². The van der Waals surface area contributed by atoms with E-state index in [2.05, 4.69) is 5.43 Å². The molecule has 0 rings (SSSR count). The Morgan fingerprint density at radius 2 is 1.81 bits per heavy atom. The van der Waals surface area contributed by atoms with Gasteiger partial charge < -0.3 is 4.74 Å². The van der Waals surface area contributed by atoms with Crippen molar-refractivity contribution in [3.8, 4) is 0 Å². The van der Waals surface area contributed by atoms with Gasteiger partial charge in [-0.25, -0.2) is 14.9 Å². The normalized spacial score (nSPS) is 12.5. The number of hydroxylamine groups is 2. The Morgan fingerprint density at radius 1 is 1.19 bits per heavy atom. The third-order valence-electron chi connectivity index (χ3n) is 3.46. The number of hydrazine groups is 1. The summed E-state index contributed by atoms with van der Waals surface area (Å²) in [5.41, 5.74) is 1.91. The second-order valence-electron chi connectivity index (χ2n) is 7.88. The summed E-state index contributed by atoms with van der Waals surface area (Å²) in [5.74, 6) is -0.923. The zero-order chi connectivity index (χ0) is 20.3. The van der Waals surface area contributed by atoms with Crippen molar-refractivity contribution in [1.82, 2.24) is 15.5 Å². The lowest BCUT2D eigenvalue weighted by Crippen LogP contribution is -2.52. The lowest BCUT2D eigenvalue weighted by molar-refractivity contribution is -0.155. The van der Waals surface area contributed by atoms with Gasteiger partial charge in [0.1, 0.15) is 5.60 Å². The van der Waals surface area contributed by atoms with Gasteiger partial charge in [0.05, 0.1) is 12.5 Å². The molecule has 1 atom stereocenters. The van der Waals surface area contributed by atoms with Crippen molar-refractivity contribution in [3.05, 3.63) is 0 Å². The Hall–Kier alpha value is -1.83. The molecular weight excluding hydrogens is 338 g/mol. The molecule has 0 spiro atoms. The zero-order valence-electron chi connectivity index (χ0n) is 16.9. The third-order valence-corrected chi connectivity index (χ3v) is 3.46. The topological polar surface area (TPSA) is 99.2 Å². The van der Waals surface area contributed by atoms with Gasteiger partial charge >= 0.3 is 6.09 Å². The number of ether oxygens (including phenoxy) is 1. The quantitative estimate of drug-likeness (QED) is 0.265. The minimum Gasteiger partial charge on any atom is -0.442 e. The molecule has 8 heteroatoms. The fourth-order valence-corrected chi connectivity index (χ4v) is 2.29. The molecule has 152 valence electrons. The number of hydrogen-bond donors (Lipinski definition) is 2. The van der Waals surface area contributed by atoms with Crippen LogP contribution in [0, 0.1) is 11.8 Å². The highest BCUT2D eigenvalue weighted by molar-refractivity contribution is 5.81. The van der Waals surface area contributed by atoms with Crippen LogP contribution in [0.15, 0.2) is 0 Å². The summed E-state index contributed by atoms with van der Waals surface area (Å²) in [6.45, 7) is 11.3. The minimum atomic E-state index is -0.684. The summed E-state index contributed by atoms with van der Waals surface area (Å²) in [7, 11) is 0. The molecule has 0 saturated carbocycles. The van der Waals surface area contributed by atoms with Crippen molar-refractivity contribution >= 4 is 18.4 Å². The van der Waals surface area contributed by atoms with E-state index in [0.717, 1.165) is 24.3 Å². The highest BCUT2D eigenvalue weighted by Crippen LogP contribution is 2.14. The Kier molecular flexibility index (Phi) is 10.9. The Balaban J connectivity index is 5.10. The molecule has 0 saturated heterocycles. The number of rotatable bonds is 10. The van der Waals surface area contributed by atoms with Crippen LogP contribution in [0.4, 0.5) is 4.79 Å². The lowest BCUT2D eigenvalue weighted by Gasteiger charge is -2.30. The van der Waals surface area contributed by atoms with Crippen LogP contribution in [0.2, 0.25) is 0 Å². The SMILES string of the molecule is CCCCC[C@H](CN(O)C=O)C(=O)NN(CC(C)C)C(=O)OC(C)(C)C. The summed E-state index contributed by atoms with van der Waals surface area (Å²) in [5, 5.41) is 11.1. The van der Waals surface area contributed by atoms with E-state index in [1.165, 1.54) is 0 Å². The molecule has 0 heterocycles. The van der Waals surface area contributed by atoms with Gasteiger partial charge in [-0.3, -0.25) is 20.2 Å². The van der Waals surface area contributed by atoms with Crippen LogP contribution in [-0.4, -0.2) is 52.4 Å². The maximum Gasteiger partial charge on any atom is 0.429 e. The molecule has 0 aromatic heterocycles. The largest absolute Gasteiger partial charge is 0.442 e. The third kappa shape index (κ3) is 10.9. The summed E-state index contributed by atoms with van der Waals surface area (Å²) in [6, 6.07) is 0. The average molecular weight is 373 g/mol. The molecule has 2 N–H and O–H groups in total. The number of amides is 3. The van der Waals surface area contributed by atoms with Crippen molar-refractivity contribution < 1.29 is 24.3 Å². The summed E-state index contributed by atoms with van der Waals surface area (Å²) in [4.78, 5) is 35.7. The molecule has 0 fully saturated rings. The van der Waals surface area contributed by atoms with Crippen LogP contribution in [0.1, 0.15) is 67.2 Å². The molecular formula is C18H35N3O5. The van der Waals surface area contributed by atoms with Gasteiger partial charge in [-0.1, -0.05) is 40.0 Å². The first kappa shape index (κ1) is 24.2. The first-order valence-corrected chi connectivity index (χ1v) is 9.22. The predicted octanol–water partition coefficient (Wildman–Crippen LogP) is 2.95. The Bertz CT molecular complexity index is 449. The maximum atomic E-state index is 12.6. The Labute approximate surface area is 156 Å². The van der Waals surface area contributed by atoms with Gasteiger partial charge in [-0.05, 0) is 33.1 Å². The molecule has 3 amide bonds. The van der Waals surface area contributed by atoms with E-state index in [4.69, 9.17) is 4.74 Å². The Morgan fingerprint density at radius 3 is 2.27 bits per heavy atom. The minimum absolute atomic E-state index is 0.116. The van der Waals surface area contributed by atoms with E-state index >= 15 is 0 Å². The monoisotopic (exact) mass is 373 g/mol. The fourth-order valence-electron chi connectivity index (χ4n) is 2.29. The van der Waals surface area contributed by atoms with Gasteiger partial charge in [0.25, 0.3) is 0 Å². The fraction of sp³-hybridized carbons (Fsp3) is 0.833. The number of nitrogens with one attached hydrogen (secondary N) is 1. The molecule has 26 heavy (non-hydrogen) atoms. The van der Waals surface area contributed by atoms with Crippen molar-refractivity contribution in [3.63, 3.8) is 0 Å². The summed E-state index contributed by atoms with van der Waals surface area (Å²) in [6.07, 6.45) is 2.86. The standard InChI is InChI=1S/C18H35N3O5/c1-7-8-9-10-15(12-20(25)13-22)16(23)19-21(11-14(2)3)17(24)26-18(4,5)6/h13-15,25H,7-12H2,1-6H3,(H,19,23)/t15-/m1/s1. The van der Waals surface area contributed by atoms with Crippen LogP contribution < -0.4 is 5.43 Å². The molecule has 0 aromatic rings. The molecule has 0 aliphatic heterocycles. The summed E-state index contributed by atoms with van der Waals surface area (Å²) < 4.78 is 5.34. The van der Waals surface area contributed by atoms with E-state index in [0.29, 0.717) is 18.0 Å². The second-order valence-corrected chi connectivity index (χ2v) is 7.88. The van der Waals surface area contributed by atoms with Crippen LogP contribution in [0.5, 0.6) is 0 Å². The van der Waals surface area contributed by atoms with E-state index in [-0.39, 0.29) is 18.9 Å². The highest BCUT2D eigenvalue weighted by atomic mass is 16.6. The van der Waals surface area contributed by atoms with Gasteiger partial charge in [0, 0.05) is 6.54 Å². The maximum absolute atomic E-state index is 12.6. The van der Waals surface area contributed by atoms with E-state index in [9.17, 15) is 19.6 Å². The van der Waals surface area contributed by atoms with Gasteiger partial charge in [-0.2, -0.15) is 0 Å². The molecule has 0 unspecified atom stereocenters. The zero-order valence-corrected chi connectivity index (χ0v) is 16.9. The van der Waals surface area contributed by atoms with E-state index in [1.54, 1.807) is 20.8 Å². The second kappa shape index (κ2) is 11.7. The van der Waals surface area contributed by atoms with Gasteiger partial charge in [-0.15, -0.1) is 0 Å². The van der Waals surface area contributed by atoms with Crippen molar-refractivity contribution in [2.24, 2.45) is 11.8 Å². The van der Waals surface area contributed by atoms with Crippen molar-refractivity contribution in [2.45, 2.75) is 72.8 Å². The van der Waals surface area contributed by atoms with Crippen molar-refractivity contribution in [1.29, 1.82) is 0 Å². The highest BCUT2D eigenvalue weighted by Gasteiger charge is 2.28. The lowest BCUT2D eigenvalue weighted by atomic mass is 10.0. The molecule has 0 aliphatic rings. The number of carbonyl (C=O) groups excluding carboxylic acids is 3. The number of nitrogens with zero attached hydrogens (tertiary/aromatic N) is 2. The van der Waals surface area contributed by atoms with Crippen LogP contribution in [0.3, 0.4) is 0 Å². The molecule has 8 nitrogen and oxygen atoms in total. The van der Waals surface area contributed by atoms with Crippen LogP contribution >= 0.6 is 0 Å². The summed E-state index contributed by atoms with van der Waals surface area (Å²) >= 11 is 0. The first-order valence-electron chi connectivity index (χ1n) is 9.22. The first-order chi connectivity index (χ1) is 12.0. The van der Waals surface area contributed by atoms with Crippen molar-refractivity contribution in [2.75, 3.05) is 13.1 Å². The molecule has 0 aromatic carbocycles. The number of hydrogen-bond acceptors (Lipinski definition) is 5. The van der Waals surface area contributed by atoms with Gasteiger partial charge in [0.15, 0.2) is 0 Å². The van der Waals surface area contributed by atoms with Gasteiger partial charge in [0.2, 0.25) is 12.3 Å². The number of carbonyl (C=O) groups is 3. The number of unbranched alkanes of at least 4 members (excludes halogenated alkanes) is 2. The molecule has 0 bridgehead atoms. The van der Waals surface area contributed by atoms with E-state index < -0.39 is 23.5 Å². The molecule has 0 aliphatic carbocycles. The predicted molar refractivity (Wildman–Crippen MR) is 98.1 cm³/mol. The van der Waals surface area contributed by atoms with E-state index in [1.807, 2.05) is 20.8 Å². The average Bonchev–Trinajstić information content (AvgIpc) is 2.51. The van der Waals surface area contributed by atoms with Crippen LogP contribution in [-0.2, 0) is 14.3 Å².